The van der Waals surface area contributed by atoms with Gasteiger partial charge in [-0.2, -0.15) is 0 Å². The molecule has 0 aliphatic carbocycles. The lowest BCUT2D eigenvalue weighted by molar-refractivity contribution is 0.269. The van der Waals surface area contributed by atoms with E-state index >= 15 is 0 Å². The van der Waals surface area contributed by atoms with Crippen LogP contribution in [0.25, 0.3) is 10.9 Å². The summed E-state index contributed by atoms with van der Waals surface area (Å²) in [4.78, 5) is 7.05. The minimum Gasteiger partial charge on any atom is -0.398 e. The standard InChI is InChI=1S/C16H21BrN4/c1-11(21-6-2-3-7-21)9-19-15-5-4-14(18)13-8-12(17)10-20-16(13)15/h4-5,8,10-11,19H,2-3,6-7,9,18H2,1H3. The Balaban J connectivity index is 1.79. The van der Waals surface area contributed by atoms with E-state index in [1.807, 2.05) is 24.4 Å². The number of likely N-dealkylation sites (tertiary alicyclic amines) is 1. The maximum Gasteiger partial charge on any atom is 0.0954 e. The van der Waals surface area contributed by atoms with Gasteiger partial charge < -0.3 is 11.1 Å². The third kappa shape index (κ3) is 3.14. The quantitative estimate of drug-likeness (QED) is 0.830. The van der Waals surface area contributed by atoms with E-state index < -0.39 is 0 Å². The molecule has 4 nitrogen and oxygen atoms in total. The van der Waals surface area contributed by atoms with Crippen molar-refractivity contribution in [1.82, 2.24) is 9.88 Å². The van der Waals surface area contributed by atoms with Crippen molar-refractivity contribution in [1.29, 1.82) is 0 Å². The zero-order chi connectivity index (χ0) is 14.8. The van der Waals surface area contributed by atoms with Crippen molar-refractivity contribution >= 4 is 38.2 Å². The molecule has 3 N–H and O–H groups in total. The number of benzene rings is 1. The molecule has 5 heteroatoms. The Morgan fingerprint density at radius 3 is 2.90 bits per heavy atom. The van der Waals surface area contributed by atoms with Gasteiger partial charge in [-0.15, -0.1) is 0 Å². The SMILES string of the molecule is CC(CNc1ccc(N)c2cc(Br)cnc12)N1CCCC1. The van der Waals surface area contributed by atoms with Crippen molar-refractivity contribution < 1.29 is 0 Å². The Bertz CT molecular complexity index is 637. The minimum atomic E-state index is 0.538. The molecule has 1 atom stereocenters. The van der Waals surface area contributed by atoms with Gasteiger partial charge >= 0.3 is 0 Å². The summed E-state index contributed by atoms with van der Waals surface area (Å²) in [6.45, 7) is 5.64. The Morgan fingerprint density at radius 2 is 2.14 bits per heavy atom. The monoisotopic (exact) mass is 348 g/mol. The molecule has 1 saturated heterocycles. The van der Waals surface area contributed by atoms with E-state index in [0.717, 1.165) is 33.3 Å². The van der Waals surface area contributed by atoms with Crippen LogP contribution in [0.1, 0.15) is 19.8 Å². The number of halogens is 1. The van der Waals surface area contributed by atoms with E-state index in [0.29, 0.717) is 6.04 Å². The predicted molar refractivity (Wildman–Crippen MR) is 92.6 cm³/mol. The summed E-state index contributed by atoms with van der Waals surface area (Å²) in [5.41, 5.74) is 8.80. The molecule has 0 bridgehead atoms. The third-order valence-electron chi connectivity index (χ3n) is 4.20. The molecule has 21 heavy (non-hydrogen) atoms. The number of hydrogen-bond donors (Lipinski definition) is 2. The molecule has 0 amide bonds. The number of hydrogen-bond acceptors (Lipinski definition) is 4. The van der Waals surface area contributed by atoms with Crippen molar-refractivity contribution in [3.8, 4) is 0 Å². The average molecular weight is 349 g/mol. The van der Waals surface area contributed by atoms with Crippen LogP contribution >= 0.6 is 15.9 Å². The fourth-order valence-corrected chi connectivity index (χ4v) is 3.26. The molecule has 0 saturated carbocycles. The molecule has 1 aromatic heterocycles. The van der Waals surface area contributed by atoms with Crippen LogP contribution in [0.15, 0.2) is 28.9 Å². The smallest absolute Gasteiger partial charge is 0.0954 e. The Morgan fingerprint density at radius 1 is 1.38 bits per heavy atom. The maximum absolute atomic E-state index is 6.05. The number of aromatic nitrogens is 1. The molecule has 1 unspecified atom stereocenters. The highest BCUT2D eigenvalue weighted by molar-refractivity contribution is 9.10. The van der Waals surface area contributed by atoms with Crippen LogP contribution in [0.4, 0.5) is 11.4 Å². The molecular formula is C16H21BrN4. The minimum absolute atomic E-state index is 0.538. The molecule has 0 spiro atoms. The first-order valence-corrected chi connectivity index (χ1v) is 8.26. The second-order valence-electron chi connectivity index (χ2n) is 5.73. The first kappa shape index (κ1) is 14.6. The van der Waals surface area contributed by atoms with E-state index in [4.69, 9.17) is 5.73 Å². The van der Waals surface area contributed by atoms with Crippen molar-refractivity contribution in [3.05, 3.63) is 28.9 Å². The fourth-order valence-electron chi connectivity index (χ4n) is 2.93. The van der Waals surface area contributed by atoms with E-state index in [1.165, 1.54) is 25.9 Å². The number of pyridine rings is 1. The van der Waals surface area contributed by atoms with Crippen molar-refractivity contribution in [2.24, 2.45) is 0 Å². The first-order chi connectivity index (χ1) is 10.1. The van der Waals surface area contributed by atoms with E-state index in [-0.39, 0.29) is 0 Å². The van der Waals surface area contributed by atoms with Crippen LogP contribution in [-0.2, 0) is 0 Å². The van der Waals surface area contributed by atoms with E-state index in [9.17, 15) is 0 Å². The number of fused-ring (bicyclic) bond motifs is 1. The van der Waals surface area contributed by atoms with E-state index in [1.54, 1.807) is 0 Å². The number of nitrogens with one attached hydrogen (secondary N) is 1. The lowest BCUT2D eigenvalue weighted by Gasteiger charge is -2.24. The van der Waals surface area contributed by atoms with Gasteiger partial charge in [0.25, 0.3) is 0 Å². The molecule has 0 radical (unpaired) electrons. The summed E-state index contributed by atoms with van der Waals surface area (Å²) < 4.78 is 0.948. The molecular weight excluding hydrogens is 328 g/mol. The highest BCUT2D eigenvalue weighted by atomic mass is 79.9. The van der Waals surface area contributed by atoms with Crippen LogP contribution in [0.2, 0.25) is 0 Å². The van der Waals surface area contributed by atoms with Gasteiger partial charge in [-0.05, 0) is 67.0 Å². The van der Waals surface area contributed by atoms with Crippen LogP contribution in [0, 0.1) is 0 Å². The fraction of sp³-hybridized carbons (Fsp3) is 0.438. The van der Waals surface area contributed by atoms with Crippen LogP contribution < -0.4 is 11.1 Å². The first-order valence-electron chi connectivity index (χ1n) is 7.47. The summed E-state index contributed by atoms with van der Waals surface area (Å²) in [6, 6.07) is 6.52. The van der Waals surface area contributed by atoms with Gasteiger partial charge in [-0.3, -0.25) is 9.88 Å². The second-order valence-corrected chi connectivity index (χ2v) is 6.64. The summed E-state index contributed by atoms with van der Waals surface area (Å²) >= 11 is 3.45. The summed E-state index contributed by atoms with van der Waals surface area (Å²) in [5.74, 6) is 0. The second kappa shape index (κ2) is 6.20. The van der Waals surface area contributed by atoms with Gasteiger partial charge in [0.05, 0.1) is 11.2 Å². The molecule has 3 rings (SSSR count). The zero-order valence-electron chi connectivity index (χ0n) is 12.3. The maximum atomic E-state index is 6.05. The highest BCUT2D eigenvalue weighted by Gasteiger charge is 2.18. The Kier molecular flexibility index (Phi) is 4.31. The number of nitrogens with two attached hydrogens (primary N) is 1. The molecule has 1 aliphatic heterocycles. The zero-order valence-corrected chi connectivity index (χ0v) is 13.9. The van der Waals surface area contributed by atoms with Gasteiger partial charge in [0, 0.05) is 34.3 Å². The van der Waals surface area contributed by atoms with Gasteiger partial charge in [0.1, 0.15) is 0 Å². The summed E-state index contributed by atoms with van der Waals surface area (Å²) in [7, 11) is 0. The largest absolute Gasteiger partial charge is 0.398 e. The molecule has 2 heterocycles. The molecule has 1 aliphatic rings. The lowest BCUT2D eigenvalue weighted by atomic mass is 10.1. The van der Waals surface area contributed by atoms with Gasteiger partial charge in [-0.1, -0.05) is 0 Å². The third-order valence-corrected chi connectivity index (χ3v) is 4.64. The number of anilines is 2. The Labute approximate surface area is 133 Å². The number of nitrogens with zero attached hydrogens (tertiary/aromatic N) is 2. The average Bonchev–Trinajstić information content (AvgIpc) is 3.01. The van der Waals surface area contributed by atoms with Gasteiger partial charge in [-0.25, -0.2) is 0 Å². The molecule has 112 valence electrons. The van der Waals surface area contributed by atoms with Crippen LogP contribution in [0.5, 0.6) is 0 Å². The van der Waals surface area contributed by atoms with Crippen LogP contribution in [0.3, 0.4) is 0 Å². The molecule has 2 aromatic rings. The van der Waals surface area contributed by atoms with Crippen LogP contribution in [-0.4, -0.2) is 35.6 Å². The topological polar surface area (TPSA) is 54.2 Å². The number of nitrogen functional groups attached to an aromatic ring is 1. The normalized spacial score (nSPS) is 17.2. The number of rotatable bonds is 4. The molecule has 1 aromatic carbocycles. The summed E-state index contributed by atoms with van der Waals surface area (Å²) in [5, 5.41) is 4.53. The Hall–Kier alpha value is -1.33. The highest BCUT2D eigenvalue weighted by Crippen LogP contribution is 2.29. The van der Waals surface area contributed by atoms with Crippen molar-refractivity contribution in [3.63, 3.8) is 0 Å². The van der Waals surface area contributed by atoms with Crippen molar-refractivity contribution in [2.45, 2.75) is 25.8 Å². The van der Waals surface area contributed by atoms with Crippen molar-refractivity contribution in [2.75, 3.05) is 30.7 Å². The summed E-state index contributed by atoms with van der Waals surface area (Å²) in [6.07, 6.45) is 4.46. The lowest BCUT2D eigenvalue weighted by Crippen LogP contribution is -2.35. The van der Waals surface area contributed by atoms with Gasteiger partial charge in [0.15, 0.2) is 0 Å². The predicted octanol–water partition coefficient (Wildman–Crippen LogP) is 3.48. The van der Waals surface area contributed by atoms with Gasteiger partial charge in [0.2, 0.25) is 0 Å². The molecule has 1 fully saturated rings. The van der Waals surface area contributed by atoms with E-state index in [2.05, 4.69) is 38.1 Å².